The van der Waals surface area contributed by atoms with Crippen molar-refractivity contribution in [2.75, 3.05) is 52.5 Å². The van der Waals surface area contributed by atoms with Crippen molar-refractivity contribution in [2.45, 2.75) is 240 Å². The molecule has 55 heavy (non-hydrogen) atoms. The summed E-state index contributed by atoms with van der Waals surface area (Å²) in [5, 5.41) is 0. The van der Waals surface area contributed by atoms with E-state index in [2.05, 4.69) is 37.5 Å². The number of esters is 2. The Hall–Kier alpha value is -1.14. The molecule has 0 aromatic carbocycles. The normalized spacial score (nSPS) is 13.7. The zero-order valence-electron chi connectivity index (χ0n) is 37.7. The number of hydrogen-bond donors (Lipinski definition) is 0. The molecule has 1 aliphatic heterocycles. The van der Waals surface area contributed by atoms with Crippen molar-refractivity contribution in [1.29, 1.82) is 0 Å². The number of likely N-dealkylation sites (tertiary alicyclic amines) is 1. The van der Waals surface area contributed by atoms with Crippen LogP contribution >= 0.6 is 0 Å². The van der Waals surface area contributed by atoms with E-state index in [0.29, 0.717) is 51.0 Å². The molecule has 0 saturated carbocycles. The predicted octanol–water partition coefficient (Wildman–Crippen LogP) is 13.9. The molecular weight excluding hydrogens is 681 g/mol. The van der Waals surface area contributed by atoms with Gasteiger partial charge in [0.1, 0.15) is 0 Å². The van der Waals surface area contributed by atoms with E-state index in [1.165, 1.54) is 199 Å². The number of carbonyl (C=O) groups excluding carboxylic acids is 2. The van der Waals surface area contributed by atoms with E-state index in [4.69, 9.17) is 9.47 Å². The molecule has 0 atom stereocenters. The van der Waals surface area contributed by atoms with E-state index in [1.807, 2.05) is 0 Å². The Kier molecular flexibility index (Phi) is 37.4. The lowest BCUT2D eigenvalue weighted by atomic mass is 9.94. The molecular formula is C49H96N2O4. The maximum absolute atomic E-state index is 13.1. The van der Waals surface area contributed by atoms with Crippen LogP contribution in [0.3, 0.4) is 0 Å². The molecule has 1 saturated heterocycles. The van der Waals surface area contributed by atoms with E-state index in [-0.39, 0.29) is 11.9 Å². The number of nitrogens with zero attached hydrogens (tertiary/aromatic N) is 2. The number of hydrogen-bond acceptors (Lipinski definition) is 6. The van der Waals surface area contributed by atoms with Gasteiger partial charge < -0.3 is 19.3 Å². The second-order valence-electron chi connectivity index (χ2n) is 17.6. The van der Waals surface area contributed by atoms with E-state index in [0.717, 1.165) is 26.2 Å². The van der Waals surface area contributed by atoms with Crippen molar-refractivity contribution in [3.8, 4) is 0 Å². The van der Waals surface area contributed by atoms with Crippen molar-refractivity contribution in [3.05, 3.63) is 0 Å². The molecule has 1 rings (SSSR count). The zero-order chi connectivity index (χ0) is 39.9. The van der Waals surface area contributed by atoms with Gasteiger partial charge in [0.25, 0.3) is 0 Å². The average molecular weight is 777 g/mol. The van der Waals surface area contributed by atoms with Gasteiger partial charge in [-0.3, -0.25) is 9.59 Å². The highest BCUT2D eigenvalue weighted by atomic mass is 16.5. The predicted molar refractivity (Wildman–Crippen MR) is 237 cm³/mol. The van der Waals surface area contributed by atoms with E-state index >= 15 is 0 Å². The zero-order valence-corrected chi connectivity index (χ0v) is 37.7. The van der Waals surface area contributed by atoms with Crippen molar-refractivity contribution in [1.82, 2.24) is 9.80 Å². The minimum Gasteiger partial charge on any atom is -0.465 e. The van der Waals surface area contributed by atoms with E-state index in [9.17, 15) is 9.59 Å². The summed E-state index contributed by atoms with van der Waals surface area (Å²) in [5.41, 5.74) is 0. The fourth-order valence-corrected chi connectivity index (χ4v) is 8.34. The average Bonchev–Trinajstić information content (AvgIpc) is 3.20. The van der Waals surface area contributed by atoms with Crippen LogP contribution in [-0.2, 0) is 19.1 Å². The maximum Gasteiger partial charge on any atom is 0.307 e. The molecule has 0 amide bonds. The van der Waals surface area contributed by atoms with Crippen LogP contribution in [0.4, 0.5) is 0 Å². The number of carbonyl (C=O) groups is 2. The van der Waals surface area contributed by atoms with E-state index < -0.39 is 0 Å². The van der Waals surface area contributed by atoms with Gasteiger partial charge >= 0.3 is 11.9 Å². The highest BCUT2D eigenvalue weighted by Crippen LogP contribution is 2.22. The quantitative estimate of drug-likeness (QED) is 0.0455. The van der Waals surface area contributed by atoms with Gasteiger partial charge in [-0.15, -0.1) is 0 Å². The number of unbranched alkanes of at least 4 members (excludes halogenated alkanes) is 20. The SMILES string of the molecule is CCCCCCCCC(CCCCCCCC)COC(=O)CCN(CCC(=O)OCC(CCCCCCCC)CCCCCCCC)CCN1CCCCC1. The minimum atomic E-state index is -0.0753. The Morgan fingerprint density at radius 1 is 0.455 bits per heavy atom. The first-order valence-electron chi connectivity index (χ1n) is 24.8. The van der Waals surface area contributed by atoms with Crippen LogP contribution in [0.25, 0.3) is 0 Å². The number of piperidine rings is 1. The largest absolute Gasteiger partial charge is 0.465 e. The third-order valence-electron chi connectivity index (χ3n) is 12.3. The van der Waals surface area contributed by atoms with Crippen molar-refractivity contribution in [3.63, 3.8) is 0 Å². The van der Waals surface area contributed by atoms with Gasteiger partial charge in [0.15, 0.2) is 0 Å². The van der Waals surface area contributed by atoms with Gasteiger partial charge in [-0.25, -0.2) is 0 Å². The van der Waals surface area contributed by atoms with Gasteiger partial charge in [-0.1, -0.05) is 188 Å². The molecule has 0 radical (unpaired) electrons. The fourth-order valence-electron chi connectivity index (χ4n) is 8.34. The third kappa shape index (κ3) is 33.5. The number of ether oxygens (including phenoxy) is 2. The Morgan fingerprint density at radius 2 is 0.782 bits per heavy atom. The second-order valence-corrected chi connectivity index (χ2v) is 17.6. The topological polar surface area (TPSA) is 59.1 Å². The summed E-state index contributed by atoms with van der Waals surface area (Å²) in [6.07, 6.45) is 40.8. The molecule has 0 N–H and O–H groups in total. The summed E-state index contributed by atoms with van der Waals surface area (Å²) in [5.74, 6) is 0.816. The van der Waals surface area contributed by atoms with Crippen LogP contribution in [0, 0.1) is 11.8 Å². The van der Waals surface area contributed by atoms with E-state index in [1.54, 1.807) is 0 Å². The molecule has 0 unspecified atom stereocenters. The Balaban J connectivity index is 2.63. The van der Waals surface area contributed by atoms with Gasteiger partial charge in [-0.2, -0.15) is 0 Å². The highest BCUT2D eigenvalue weighted by Gasteiger charge is 2.18. The van der Waals surface area contributed by atoms with Crippen molar-refractivity contribution >= 4 is 11.9 Å². The summed E-state index contributed by atoms with van der Waals surface area (Å²) in [6.45, 7) is 15.8. The fraction of sp³-hybridized carbons (Fsp3) is 0.959. The molecule has 0 bridgehead atoms. The maximum atomic E-state index is 13.1. The molecule has 1 aliphatic rings. The molecule has 6 heteroatoms. The summed E-state index contributed by atoms with van der Waals surface area (Å²) in [6, 6.07) is 0. The standard InChI is InChI=1S/C49H96N2O4/c1-5-9-13-17-21-26-32-46(33-27-22-18-14-10-6-2)44-54-48(52)36-40-51(43-42-50-38-30-25-31-39-50)41-37-49(53)55-45-47(34-28-23-19-15-11-7-3)35-29-24-20-16-12-8-4/h46-47H,5-45H2,1-4H3. The van der Waals surface area contributed by atoms with Crippen LogP contribution in [0.1, 0.15) is 240 Å². The monoisotopic (exact) mass is 777 g/mol. The lowest BCUT2D eigenvalue weighted by molar-refractivity contribution is -0.145. The highest BCUT2D eigenvalue weighted by molar-refractivity contribution is 5.70. The first kappa shape index (κ1) is 51.9. The molecule has 6 nitrogen and oxygen atoms in total. The van der Waals surface area contributed by atoms with Gasteiger partial charge in [0.2, 0.25) is 0 Å². The Labute approximate surface area is 343 Å². The molecule has 0 spiro atoms. The van der Waals surface area contributed by atoms with Crippen LogP contribution in [0.5, 0.6) is 0 Å². The van der Waals surface area contributed by atoms with Crippen molar-refractivity contribution in [2.24, 2.45) is 11.8 Å². The second kappa shape index (κ2) is 39.7. The summed E-state index contributed by atoms with van der Waals surface area (Å²) < 4.78 is 12.0. The molecule has 0 aromatic heterocycles. The van der Waals surface area contributed by atoms with Gasteiger partial charge in [-0.05, 0) is 63.5 Å². The van der Waals surface area contributed by atoms with Gasteiger partial charge in [0.05, 0.1) is 26.1 Å². The smallest absolute Gasteiger partial charge is 0.307 e. The lowest BCUT2D eigenvalue weighted by Gasteiger charge is -2.30. The molecule has 1 fully saturated rings. The Morgan fingerprint density at radius 3 is 1.13 bits per heavy atom. The van der Waals surface area contributed by atoms with Crippen LogP contribution < -0.4 is 0 Å². The van der Waals surface area contributed by atoms with Crippen molar-refractivity contribution < 1.29 is 19.1 Å². The number of rotatable bonds is 41. The molecule has 0 aliphatic carbocycles. The Bertz CT molecular complexity index is 744. The summed E-state index contributed by atoms with van der Waals surface area (Å²) in [4.78, 5) is 31.2. The molecule has 0 aromatic rings. The first-order valence-corrected chi connectivity index (χ1v) is 24.8. The molecule has 326 valence electrons. The minimum absolute atomic E-state index is 0.0753. The summed E-state index contributed by atoms with van der Waals surface area (Å²) in [7, 11) is 0. The van der Waals surface area contributed by atoms with Gasteiger partial charge in [0, 0.05) is 26.2 Å². The lowest BCUT2D eigenvalue weighted by Crippen LogP contribution is -2.39. The third-order valence-corrected chi connectivity index (χ3v) is 12.3. The van der Waals surface area contributed by atoms with Crippen LogP contribution in [0.15, 0.2) is 0 Å². The first-order chi connectivity index (χ1) is 27.0. The van der Waals surface area contributed by atoms with Crippen LogP contribution in [-0.4, -0.2) is 74.2 Å². The van der Waals surface area contributed by atoms with Crippen LogP contribution in [0.2, 0.25) is 0 Å². The molecule has 1 heterocycles. The summed E-state index contributed by atoms with van der Waals surface area (Å²) >= 11 is 0.